The molecule has 0 spiro atoms. The van der Waals surface area contributed by atoms with Crippen molar-refractivity contribution in [1.29, 1.82) is 0 Å². The third-order valence-electron chi connectivity index (χ3n) is 19.2. The molecule has 0 aliphatic heterocycles. The number of benzene rings is 4. The van der Waals surface area contributed by atoms with Crippen LogP contribution >= 0.6 is 0 Å². The minimum atomic E-state index is -4.47. The normalized spacial score (nSPS) is 24.1. The molecular weight excluding hydrogens is 1350 g/mol. The Hall–Kier alpha value is -7.56. The predicted molar refractivity (Wildman–Crippen MR) is 395 cm³/mol. The molecule has 0 atom stereocenters. The molecule has 4 aromatic carbocycles. The average Bonchev–Trinajstić information content (AvgIpc) is 0.799. The highest BCUT2D eigenvalue weighted by Gasteiger charge is 2.42. The highest BCUT2D eigenvalue weighted by Crippen LogP contribution is 2.43. The van der Waals surface area contributed by atoms with Crippen molar-refractivity contribution in [3.63, 3.8) is 0 Å². The van der Waals surface area contributed by atoms with Crippen LogP contribution < -0.4 is 0 Å². The Bertz CT molecular complexity index is 3260. The molecule has 104 heavy (non-hydrogen) atoms. The smallest absolute Gasteiger partial charge is 0.416 e. The van der Waals surface area contributed by atoms with E-state index < -0.39 is 39.7 Å². The lowest BCUT2D eigenvalue weighted by Gasteiger charge is -2.35. The summed E-state index contributed by atoms with van der Waals surface area (Å²) in [5.41, 5.74) is -2.54. The Kier molecular flexibility index (Phi) is 36.0. The number of nitrogens with zero attached hydrogens (tertiary/aromatic N) is 12. The largest absolute Gasteiger partial charge is 0.569 e. The monoisotopic (exact) mass is 1480 g/mol. The molecule has 0 bridgehead atoms. The van der Waals surface area contributed by atoms with Gasteiger partial charge in [-0.25, -0.2) is 4.39 Å². The molecule has 0 saturated heterocycles. The van der Waals surface area contributed by atoms with Crippen LogP contribution in [-0.2, 0) is 48.8 Å². The topological polar surface area (TPSA) is 285 Å². The van der Waals surface area contributed by atoms with Crippen LogP contribution in [-0.4, -0.2) is 140 Å². The first-order valence-corrected chi connectivity index (χ1v) is 34.6. The number of alkyl halides is 3. The van der Waals surface area contributed by atoms with E-state index in [9.17, 15) is 58.8 Å². The molecular formula is C76H128F4N12O12. The SMILES string of the molecule is C.C.C.C.CCN(/[N+]([O-])=N/OC1CCC(O)(c2ccccc2)CC1)C(C)(C)C.CN(/[N+]([O-])=N/OC1CCC(O)(Cc2ccccc2)CC1)C(C)(C)C.CN(/[N+]([O-])=N/OC1CCC(O)(c2ccc(F)cc2)CC1)C(C)(C)C.Cc1cc(C(F)(F)F)cc(C2(O)CCC(O/N=[N+](\[O-])N(C)C(C)(C)C)CC2)c1. The van der Waals surface area contributed by atoms with Crippen molar-refractivity contribution in [1.82, 2.24) is 20.0 Å². The standard InChI is InChI=1S/C19H28F3N3O3.2C18H29N3O3.C17H26FN3O3.4CH4/c1-13-10-14(12-15(11-13)19(20,21)22)18(26)8-6-16(7-9-18)28-23-25(27)24(5)17(2,3)4;1-17(2,3)20(4)21(23)19-24-16-10-12-18(22,13-11-16)14-15-8-6-5-7-9-15;1-5-20(17(2,3)4)21(23)19-24-16-11-13-18(22,14-12-16)15-9-7-6-8-10-15;1-16(2,3)20(4)21(23)19-24-15-9-11-17(22,12-10-15)13-5-7-14(18)8-6-13;;;;/h10-12,16,26H,6-9H2,1-5H3;5-9,16,22H,10-14H2,1-4H3;6-10,16,22H,5,11-14H2,1-4H3;5-8,15,22H,9-12H2,1-4H3;4*1H4/b25-23-;3*21-19-;;;;. The van der Waals surface area contributed by atoms with Gasteiger partial charge in [-0.15, -0.1) is 20.0 Å². The average molecular weight is 1480 g/mol. The van der Waals surface area contributed by atoms with Crippen molar-refractivity contribution in [3.8, 4) is 0 Å². The molecule has 4 aliphatic rings. The van der Waals surface area contributed by atoms with E-state index in [1.807, 2.05) is 151 Å². The van der Waals surface area contributed by atoms with E-state index in [0.717, 1.165) is 23.3 Å². The fourth-order valence-corrected chi connectivity index (χ4v) is 11.8. The lowest BCUT2D eigenvalue weighted by molar-refractivity contribution is -0.725. The number of aliphatic hydroxyl groups is 4. The summed E-state index contributed by atoms with van der Waals surface area (Å²) in [6.07, 6.45) is 3.89. The van der Waals surface area contributed by atoms with Gasteiger partial charge in [0, 0.05) is 6.42 Å². The summed E-state index contributed by atoms with van der Waals surface area (Å²) in [4.78, 5) is 23.3. The van der Waals surface area contributed by atoms with Gasteiger partial charge in [-0.2, -0.15) is 13.2 Å². The van der Waals surface area contributed by atoms with Crippen LogP contribution in [0.1, 0.15) is 256 Å². The van der Waals surface area contributed by atoms with Gasteiger partial charge in [-0.1, -0.05) is 114 Å². The summed E-state index contributed by atoms with van der Waals surface area (Å²) in [7, 11) is 4.92. The molecule has 4 saturated carbocycles. The molecule has 8 rings (SSSR count). The van der Waals surface area contributed by atoms with E-state index >= 15 is 0 Å². The number of halogens is 4. The quantitative estimate of drug-likeness (QED) is 0.0312. The zero-order valence-corrected chi connectivity index (χ0v) is 61.8. The molecule has 28 heteroatoms. The van der Waals surface area contributed by atoms with E-state index in [1.165, 1.54) is 27.2 Å². The maximum absolute atomic E-state index is 13.1. The van der Waals surface area contributed by atoms with E-state index in [4.69, 9.17) is 19.4 Å². The Balaban J connectivity index is 0.000000686. The van der Waals surface area contributed by atoms with Crippen LogP contribution in [0.2, 0.25) is 0 Å². The van der Waals surface area contributed by atoms with Crippen LogP contribution in [0.25, 0.3) is 0 Å². The summed E-state index contributed by atoms with van der Waals surface area (Å²) in [6, 6.07) is 29.3. The summed E-state index contributed by atoms with van der Waals surface area (Å²) < 4.78 is 52.2. The van der Waals surface area contributed by atoms with Crippen molar-refractivity contribution >= 4 is 0 Å². The first-order chi connectivity index (χ1) is 46.3. The Morgan fingerprint density at radius 1 is 0.442 bits per heavy atom. The van der Waals surface area contributed by atoms with Crippen molar-refractivity contribution in [2.75, 3.05) is 27.7 Å². The van der Waals surface area contributed by atoms with Gasteiger partial charge in [-0.05, 0) is 246 Å². The molecule has 0 radical (unpaired) electrons. The second kappa shape index (κ2) is 39.7. The van der Waals surface area contributed by atoms with E-state index in [1.54, 1.807) is 51.3 Å². The lowest BCUT2D eigenvalue weighted by atomic mass is 9.78. The third kappa shape index (κ3) is 28.7. The van der Waals surface area contributed by atoms with Gasteiger partial charge in [0.05, 0.1) is 97.7 Å². The number of hydrogen-bond acceptors (Lipinski definition) is 16. The molecule has 0 amide bonds. The van der Waals surface area contributed by atoms with Gasteiger partial charge < -0.3 is 60.6 Å². The third-order valence-corrected chi connectivity index (χ3v) is 19.2. The number of rotatable bonds is 18. The van der Waals surface area contributed by atoms with Gasteiger partial charge in [0.25, 0.3) is 0 Å². The van der Waals surface area contributed by atoms with Crippen LogP contribution in [0, 0.1) is 33.6 Å². The fourth-order valence-electron chi connectivity index (χ4n) is 11.8. The first kappa shape index (κ1) is 94.5. The van der Waals surface area contributed by atoms with Gasteiger partial charge in [-0.3, -0.25) is 0 Å². The Morgan fingerprint density at radius 2 is 0.750 bits per heavy atom. The molecule has 4 fully saturated rings. The van der Waals surface area contributed by atoms with E-state index in [-0.39, 0.29) is 95.0 Å². The summed E-state index contributed by atoms with van der Waals surface area (Å²) in [5.74, 6) is -0.323. The van der Waals surface area contributed by atoms with Crippen LogP contribution in [0.3, 0.4) is 0 Å². The molecule has 0 heterocycles. The van der Waals surface area contributed by atoms with Crippen molar-refractivity contribution in [2.45, 2.75) is 311 Å². The van der Waals surface area contributed by atoms with Crippen LogP contribution in [0.4, 0.5) is 17.6 Å². The van der Waals surface area contributed by atoms with Crippen molar-refractivity contribution < 1.29 is 77.2 Å². The summed E-state index contributed by atoms with van der Waals surface area (Å²) in [5, 5.41) is 111. The fraction of sp³-hybridized carbons (Fsp3) is 0.684. The van der Waals surface area contributed by atoms with Gasteiger partial charge in [0.2, 0.25) is 21.1 Å². The first-order valence-electron chi connectivity index (χ1n) is 34.6. The minimum absolute atomic E-state index is 0. The molecule has 4 aromatic rings. The molecule has 4 aliphatic carbocycles. The maximum Gasteiger partial charge on any atom is 0.416 e. The van der Waals surface area contributed by atoms with Crippen LogP contribution in [0.15, 0.2) is 124 Å². The maximum atomic E-state index is 13.1. The second-order valence-corrected chi connectivity index (χ2v) is 31.0. The number of hydrazine groups is 4. The van der Waals surface area contributed by atoms with Gasteiger partial charge in [0.1, 0.15) is 30.2 Å². The van der Waals surface area contributed by atoms with Gasteiger partial charge >= 0.3 is 6.18 Å². The molecule has 592 valence electrons. The van der Waals surface area contributed by atoms with Crippen molar-refractivity contribution in [3.05, 3.63) is 163 Å². The predicted octanol–water partition coefficient (Wildman–Crippen LogP) is 17.9. The molecule has 4 N–H and O–H groups in total. The molecule has 0 aromatic heterocycles. The molecule has 0 unspecified atom stereocenters. The number of aryl methyl sites for hydroxylation is 1. The summed E-state index contributed by atoms with van der Waals surface area (Å²) >= 11 is 0. The highest BCUT2D eigenvalue weighted by molar-refractivity contribution is 5.35. The highest BCUT2D eigenvalue weighted by atomic mass is 19.4. The van der Waals surface area contributed by atoms with Crippen LogP contribution in [0.5, 0.6) is 0 Å². The van der Waals surface area contributed by atoms with E-state index in [0.29, 0.717) is 134 Å². The van der Waals surface area contributed by atoms with E-state index in [2.05, 4.69) is 21.1 Å². The Labute approximate surface area is 617 Å². The summed E-state index contributed by atoms with van der Waals surface area (Å²) in [6.45, 7) is 26.9. The zero-order valence-electron chi connectivity index (χ0n) is 61.8. The lowest BCUT2D eigenvalue weighted by Crippen LogP contribution is -2.45. The molecule has 24 nitrogen and oxygen atoms in total. The minimum Gasteiger partial charge on any atom is -0.569 e. The van der Waals surface area contributed by atoms with Crippen molar-refractivity contribution in [2.24, 2.45) is 21.1 Å². The number of hydrogen-bond donors (Lipinski definition) is 4. The van der Waals surface area contributed by atoms with Gasteiger partial charge in [0.15, 0.2) is 0 Å². The zero-order chi connectivity index (χ0) is 74.9. The second-order valence-electron chi connectivity index (χ2n) is 31.0. The Morgan fingerprint density at radius 3 is 1.07 bits per heavy atom.